The molecule has 4 heterocycles. The van der Waals surface area contributed by atoms with Gasteiger partial charge in [0.2, 0.25) is 5.91 Å². The zero-order chi connectivity index (χ0) is 21.8. The van der Waals surface area contributed by atoms with E-state index >= 15 is 0 Å². The van der Waals surface area contributed by atoms with Crippen LogP contribution in [-0.2, 0) is 4.79 Å². The first-order chi connectivity index (χ1) is 14.3. The van der Waals surface area contributed by atoms with Crippen molar-refractivity contribution < 1.29 is 39.2 Å². The van der Waals surface area contributed by atoms with Gasteiger partial charge in [-0.2, -0.15) is 0 Å². The molecule has 0 aliphatic carbocycles. The number of aromatic nitrogens is 5. The fourth-order valence-corrected chi connectivity index (χ4v) is 3.13. The molecule has 9 nitrogen and oxygen atoms in total. The second kappa shape index (κ2) is 9.63. The summed E-state index contributed by atoms with van der Waals surface area (Å²) in [5.41, 5.74) is 7.62. The van der Waals surface area contributed by atoms with Crippen molar-refractivity contribution in [1.82, 2.24) is 29.2 Å². The Bertz CT molecular complexity index is 1030. The Hall–Kier alpha value is -2.36. The maximum absolute atomic E-state index is 11.7. The first kappa shape index (κ1) is 22.3. The molecule has 30 heavy (non-hydrogen) atoms. The molecule has 1 aliphatic rings. The van der Waals surface area contributed by atoms with E-state index in [0.717, 1.165) is 24.6 Å². The van der Waals surface area contributed by atoms with Gasteiger partial charge < -0.3 is 15.0 Å². The SMILES string of the molecule is [CH2-]c1cn2c(-c3nccc(N4CCN(C)C(C(N)=O)C4)n3)cnc2cn1.[F][U]([F])[F]. The van der Waals surface area contributed by atoms with Crippen LogP contribution in [-0.4, -0.2) is 67.9 Å². The van der Waals surface area contributed by atoms with Crippen molar-refractivity contribution in [3.05, 3.63) is 43.5 Å². The predicted molar refractivity (Wildman–Crippen MR) is 99.6 cm³/mol. The molecule has 0 saturated carbocycles. The summed E-state index contributed by atoms with van der Waals surface area (Å²) in [6, 6.07) is 1.50. The Labute approximate surface area is 183 Å². The van der Waals surface area contributed by atoms with Crippen LogP contribution in [0, 0.1) is 35.0 Å². The van der Waals surface area contributed by atoms with E-state index in [1.165, 1.54) is 0 Å². The third-order valence-electron chi connectivity index (χ3n) is 4.62. The minimum atomic E-state index is -5.23. The van der Waals surface area contributed by atoms with Gasteiger partial charge in [-0.05, 0) is 13.1 Å². The number of nitrogens with two attached hydrogens (primary N) is 1. The number of hydrogen-bond donors (Lipinski definition) is 1. The van der Waals surface area contributed by atoms with Gasteiger partial charge in [-0.1, -0.05) is 5.69 Å². The third-order valence-corrected chi connectivity index (χ3v) is 4.62. The van der Waals surface area contributed by atoms with E-state index in [1.807, 2.05) is 22.4 Å². The molecular formula is C17H19F3N8OU-. The molecule has 159 valence electrons. The molecule has 3 aromatic heterocycles. The summed E-state index contributed by atoms with van der Waals surface area (Å²) in [4.78, 5) is 33.2. The van der Waals surface area contributed by atoms with Crippen LogP contribution in [0.1, 0.15) is 5.69 Å². The predicted octanol–water partition coefficient (Wildman–Crippen LogP) is 1.23. The molecule has 3 aromatic rings. The number of amides is 1. The second-order valence-corrected chi connectivity index (χ2v) is 8.33. The van der Waals surface area contributed by atoms with Crippen molar-refractivity contribution in [1.29, 1.82) is 0 Å². The van der Waals surface area contributed by atoms with Gasteiger partial charge >= 0.3 is 34.4 Å². The molecule has 1 fully saturated rings. The van der Waals surface area contributed by atoms with E-state index in [2.05, 4.69) is 31.8 Å². The fourth-order valence-electron chi connectivity index (χ4n) is 3.13. The van der Waals surface area contributed by atoms with E-state index in [4.69, 9.17) is 5.73 Å². The zero-order valence-electron chi connectivity index (χ0n) is 16.0. The van der Waals surface area contributed by atoms with E-state index in [9.17, 15) is 11.1 Å². The van der Waals surface area contributed by atoms with Gasteiger partial charge in [0.25, 0.3) is 0 Å². The molecule has 0 aromatic carbocycles. The number of halogens is 3. The van der Waals surface area contributed by atoms with Gasteiger partial charge in [0.15, 0.2) is 5.82 Å². The number of nitrogens with zero attached hydrogens (tertiary/aromatic N) is 7. The van der Waals surface area contributed by atoms with Crippen molar-refractivity contribution in [2.75, 3.05) is 31.6 Å². The number of anilines is 1. The van der Waals surface area contributed by atoms with E-state index in [0.29, 0.717) is 23.7 Å². The average molecular weight is 646 g/mol. The van der Waals surface area contributed by atoms with Gasteiger partial charge in [0.05, 0.1) is 18.1 Å². The average Bonchev–Trinajstić information content (AvgIpc) is 3.11. The van der Waals surface area contributed by atoms with Crippen LogP contribution in [0.25, 0.3) is 17.2 Å². The van der Waals surface area contributed by atoms with Gasteiger partial charge in [0.1, 0.15) is 17.5 Å². The number of likely N-dealkylation sites (N-methyl/N-ethyl adjacent to an activating group) is 1. The molecule has 0 bridgehead atoms. The molecule has 1 unspecified atom stereocenters. The van der Waals surface area contributed by atoms with Crippen LogP contribution in [0.4, 0.5) is 12.1 Å². The minimum absolute atomic E-state index is 0.330. The van der Waals surface area contributed by atoms with Gasteiger partial charge in [-0.3, -0.25) is 14.7 Å². The Kier molecular flexibility index (Phi) is 7.17. The molecule has 13 heteroatoms. The molecule has 1 amide bonds. The molecule has 1 atom stereocenters. The van der Waals surface area contributed by atoms with Crippen molar-refractivity contribution >= 4 is 17.4 Å². The molecule has 4 rings (SSSR count). The Morgan fingerprint density at radius 3 is 2.67 bits per heavy atom. The number of carbonyl (C=O) groups excluding carboxylic acids is 1. The number of hydrogen-bond acceptors (Lipinski definition) is 7. The number of fused-ring (bicyclic) bond motifs is 1. The normalized spacial score (nSPS) is 16.8. The summed E-state index contributed by atoms with van der Waals surface area (Å²) < 4.78 is 31.5. The summed E-state index contributed by atoms with van der Waals surface area (Å²) in [7, 11) is 1.90. The number of carbonyl (C=O) groups is 1. The van der Waals surface area contributed by atoms with Crippen molar-refractivity contribution in [2.24, 2.45) is 5.73 Å². The molecule has 1 saturated heterocycles. The standard InChI is InChI=1S/C17H19N8O.3FH.U/c1-11-9-25-12(7-21-15(25)8-20-11)17-19-4-3-14(22-17)24-6-5-23(2)13(10-24)16(18)26;;;;/h3-4,7-9,13H,1,5-6,10H2,2H3,(H2,18,26);3*1H;/q-1;;;;+3/p-3. The quantitative estimate of drug-likeness (QED) is 0.428. The summed E-state index contributed by atoms with van der Waals surface area (Å²) in [6.07, 6.45) is 6.88. The maximum atomic E-state index is 11.7. The van der Waals surface area contributed by atoms with Gasteiger partial charge in [-0.15, -0.1) is 6.20 Å². The van der Waals surface area contributed by atoms with E-state index in [-0.39, 0.29) is 11.9 Å². The van der Waals surface area contributed by atoms with Crippen LogP contribution in [0.15, 0.2) is 30.9 Å². The summed E-state index contributed by atoms with van der Waals surface area (Å²) in [6.45, 7) is 5.85. The van der Waals surface area contributed by atoms with Crippen LogP contribution in [0.5, 0.6) is 0 Å². The van der Waals surface area contributed by atoms with Gasteiger partial charge in [-0.25, -0.2) is 21.9 Å². The van der Waals surface area contributed by atoms with Crippen LogP contribution >= 0.6 is 0 Å². The first-order valence-corrected chi connectivity index (χ1v) is 13.5. The second-order valence-electron chi connectivity index (χ2n) is 6.55. The summed E-state index contributed by atoms with van der Waals surface area (Å²) >= 11 is -5.23. The van der Waals surface area contributed by atoms with Gasteiger partial charge in [0, 0.05) is 25.8 Å². The topological polar surface area (TPSA) is 106 Å². The Morgan fingerprint density at radius 2 is 1.97 bits per heavy atom. The number of imidazole rings is 1. The van der Waals surface area contributed by atoms with Crippen molar-refractivity contribution in [3.8, 4) is 11.5 Å². The van der Waals surface area contributed by atoms with Crippen LogP contribution in [0.2, 0.25) is 0 Å². The Balaban J connectivity index is 0.000000589. The van der Waals surface area contributed by atoms with E-state index < -0.39 is 28.1 Å². The number of primary amides is 1. The monoisotopic (exact) mass is 646 g/mol. The number of piperazine rings is 1. The molecular weight excluding hydrogens is 627 g/mol. The van der Waals surface area contributed by atoms with Crippen molar-refractivity contribution in [2.45, 2.75) is 6.04 Å². The number of rotatable bonds is 3. The molecule has 2 N–H and O–H groups in total. The summed E-state index contributed by atoms with van der Waals surface area (Å²) in [5.74, 6) is 0.979. The van der Waals surface area contributed by atoms with Crippen molar-refractivity contribution in [3.63, 3.8) is 0 Å². The third kappa shape index (κ3) is 5.21. The molecule has 0 spiro atoms. The summed E-state index contributed by atoms with van der Waals surface area (Å²) in [5, 5.41) is 0. The first-order valence-electron chi connectivity index (χ1n) is 8.82. The van der Waals surface area contributed by atoms with Crippen LogP contribution in [0.3, 0.4) is 0 Å². The zero-order valence-corrected chi connectivity index (χ0v) is 20.2. The van der Waals surface area contributed by atoms with Crippen LogP contribution < -0.4 is 10.6 Å². The molecule has 1 aliphatic heterocycles. The van der Waals surface area contributed by atoms with E-state index in [1.54, 1.807) is 24.8 Å². The molecule has 0 radical (unpaired) electrons. The Morgan fingerprint density at radius 1 is 1.23 bits per heavy atom. The fraction of sp³-hybridized carbons (Fsp3) is 0.294.